The second-order valence-corrected chi connectivity index (χ2v) is 5.24. The van der Waals surface area contributed by atoms with Crippen molar-refractivity contribution < 1.29 is 14.7 Å². The zero-order valence-electron chi connectivity index (χ0n) is 9.69. The molecule has 1 saturated carbocycles. The van der Waals surface area contributed by atoms with Crippen LogP contribution in [0.5, 0.6) is 0 Å². The van der Waals surface area contributed by atoms with E-state index in [1.165, 1.54) is 0 Å². The average molecular weight is 239 g/mol. The third kappa shape index (κ3) is 1.67. The van der Waals surface area contributed by atoms with Crippen LogP contribution in [0.3, 0.4) is 0 Å². The minimum atomic E-state index is -0.807. The van der Waals surface area contributed by atoms with Crippen LogP contribution in [0.4, 0.5) is 4.79 Å². The number of rotatable bonds is 3. The quantitative estimate of drug-likeness (QED) is 0.709. The van der Waals surface area contributed by atoms with E-state index < -0.39 is 5.97 Å². The van der Waals surface area contributed by atoms with Gasteiger partial charge in [0.15, 0.2) is 0 Å². The summed E-state index contributed by atoms with van der Waals surface area (Å²) in [6.07, 6.45) is 1.75. The summed E-state index contributed by atoms with van der Waals surface area (Å²) in [5.74, 6) is -0.807. The van der Waals surface area contributed by atoms with Crippen molar-refractivity contribution in [2.75, 3.05) is 26.2 Å². The fourth-order valence-corrected chi connectivity index (χ4v) is 2.98. The van der Waals surface area contributed by atoms with Crippen LogP contribution < -0.4 is 5.32 Å². The van der Waals surface area contributed by atoms with Crippen LogP contribution in [0.25, 0.3) is 0 Å². The third-order valence-corrected chi connectivity index (χ3v) is 4.10. The predicted molar refractivity (Wildman–Crippen MR) is 59.7 cm³/mol. The van der Waals surface area contributed by atoms with Gasteiger partial charge in [-0.2, -0.15) is 0 Å². The Morgan fingerprint density at radius 3 is 2.88 bits per heavy atom. The van der Waals surface area contributed by atoms with Gasteiger partial charge in [-0.15, -0.1) is 0 Å². The third-order valence-electron chi connectivity index (χ3n) is 4.10. The molecule has 0 aromatic rings. The van der Waals surface area contributed by atoms with Gasteiger partial charge in [-0.05, 0) is 12.8 Å². The Labute approximate surface area is 99.6 Å². The predicted octanol–water partition coefficient (Wildman–Crippen LogP) is -0.297. The van der Waals surface area contributed by atoms with Crippen molar-refractivity contribution in [1.29, 1.82) is 0 Å². The maximum Gasteiger partial charge on any atom is 0.320 e. The summed E-state index contributed by atoms with van der Waals surface area (Å²) in [6, 6.07) is 0.262. The first kappa shape index (κ1) is 10.8. The summed E-state index contributed by atoms with van der Waals surface area (Å²) in [7, 11) is 0. The number of nitrogens with one attached hydrogen (secondary N) is 1. The van der Waals surface area contributed by atoms with Gasteiger partial charge in [0.2, 0.25) is 0 Å². The van der Waals surface area contributed by atoms with Crippen molar-refractivity contribution in [2.45, 2.75) is 30.8 Å². The minimum absolute atomic E-state index is 0.0373. The molecule has 94 valence electrons. The van der Waals surface area contributed by atoms with Gasteiger partial charge in [-0.3, -0.25) is 4.79 Å². The molecule has 17 heavy (non-hydrogen) atoms. The molecule has 2 aliphatic heterocycles. The highest BCUT2D eigenvalue weighted by Crippen LogP contribution is 2.47. The van der Waals surface area contributed by atoms with E-state index in [4.69, 9.17) is 5.11 Å². The highest BCUT2D eigenvalue weighted by Gasteiger charge is 2.56. The number of hydrogen-bond acceptors (Lipinski definition) is 3. The Bertz CT molecular complexity index is 367. The molecule has 2 saturated heterocycles. The molecule has 1 atom stereocenters. The number of carbonyl (C=O) groups is 2. The molecule has 0 aromatic carbocycles. The van der Waals surface area contributed by atoms with Gasteiger partial charge >= 0.3 is 12.0 Å². The number of nitrogens with zero attached hydrogens (tertiary/aromatic N) is 2. The lowest BCUT2D eigenvalue weighted by Crippen LogP contribution is -2.50. The number of hydrogen-bond donors (Lipinski definition) is 2. The van der Waals surface area contributed by atoms with E-state index in [9.17, 15) is 9.59 Å². The van der Waals surface area contributed by atoms with Gasteiger partial charge in [0.05, 0.1) is 18.0 Å². The largest absolute Gasteiger partial charge is 0.481 e. The number of carbonyl (C=O) groups excluding carboxylic acids is 1. The molecule has 2 N–H and O–H groups in total. The SMILES string of the molecule is O=C(O)CC1(N2C[C@H]3CNCCN3C2=O)CC1. The molecule has 2 amide bonds. The monoisotopic (exact) mass is 239 g/mol. The molecular formula is C11H17N3O3. The van der Waals surface area contributed by atoms with E-state index in [0.717, 1.165) is 32.5 Å². The summed E-state index contributed by atoms with van der Waals surface area (Å²) in [5.41, 5.74) is -0.375. The number of amides is 2. The second kappa shape index (κ2) is 3.60. The topological polar surface area (TPSA) is 72.9 Å². The molecule has 0 radical (unpaired) electrons. The number of carboxylic acid groups (broad SMARTS) is 1. The van der Waals surface area contributed by atoms with E-state index in [-0.39, 0.29) is 24.0 Å². The fourth-order valence-electron chi connectivity index (χ4n) is 2.98. The normalized spacial score (nSPS) is 30.4. The van der Waals surface area contributed by atoms with Crippen LogP contribution in [-0.4, -0.2) is 64.7 Å². The van der Waals surface area contributed by atoms with E-state index in [0.29, 0.717) is 6.54 Å². The van der Waals surface area contributed by atoms with E-state index in [1.807, 2.05) is 4.90 Å². The maximum absolute atomic E-state index is 12.2. The molecule has 3 fully saturated rings. The Hall–Kier alpha value is -1.30. The number of fused-ring (bicyclic) bond motifs is 1. The van der Waals surface area contributed by atoms with E-state index in [1.54, 1.807) is 4.90 Å². The summed E-state index contributed by atoms with van der Waals surface area (Å²) in [5, 5.41) is 12.2. The van der Waals surface area contributed by atoms with Crippen molar-refractivity contribution in [1.82, 2.24) is 15.1 Å². The molecule has 0 spiro atoms. The van der Waals surface area contributed by atoms with Crippen LogP contribution in [-0.2, 0) is 4.79 Å². The van der Waals surface area contributed by atoms with Crippen molar-refractivity contribution in [3.8, 4) is 0 Å². The van der Waals surface area contributed by atoms with Crippen LogP contribution in [0, 0.1) is 0 Å². The molecular weight excluding hydrogens is 222 g/mol. The smallest absolute Gasteiger partial charge is 0.320 e. The first-order valence-electron chi connectivity index (χ1n) is 6.13. The zero-order chi connectivity index (χ0) is 12.0. The highest BCUT2D eigenvalue weighted by atomic mass is 16.4. The van der Waals surface area contributed by atoms with Crippen LogP contribution in [0.2, 0.25) is 0 Å². The lowest BCUT2D eigenvalue weighted by molar-refractivity contribution is -0.138. The molecule has 1 aliphatic carbocycles. The zero-order valence-corrected chi connectivity index (χ0v) is 9.69. The van der Waals surface area contributed by atoms with Crippen molar-refractivity contribution in [3.05, 3.63) is 0 Å². The first-order chi connectivity index (χ1) is 8.12. The Balaban J connectivity index is 1.76. The Morgan fingerprint density at radius 2 is 2.29 bits per heavy atom. The van der Waals surface area contributed by atoms with Crippen molar-refractivity contribution in [2.24, 2.45) is 0 Å². The van der Waals surface area contributed by atoms with Gasteiger partial charge in [-0.25, -0.2) is 4.79 Å². The summed E-state index contributed by atoms with van der Waals surface area (Å²) >= 11 is 0. The van der Waals surface area contributed by atoms with Crippen LogP contribution >= 0.6 is 0 Å². The standard InChI is InChI=1S/C11H17N3O3/c15-9(16)5-11(1-2-11)14-7-8-6-12-3-4-13(8)10(14)17/h8,12H,1-7H2,(H,15,16)/t8-/m1/s1. The molecule has 6 nitrogen and oxygen atoms in total. The van der Waals surface area contributed by atoms with Gasteiger partial charge < -0.3 is 20.2 Å². The lowest BCUT2D eigenvalue weighted by atomic mass is 10.1. The maximum atomic E-state index is 12.2. The Kier molecular flexibility index (Phi) is 2.29. The van der Waals surface area contributed by atoms with Crippen LogP contribution in [0.1, 0.15) is 19.3 Å². The van der Waals surface area contributed by atoms with E-state index in [2.05, 4.69) is 5.32 Å². The summed E-state index contributed by atoms with van der Waals surface area (Å²) < 4.78 is 0. The number of piperazine rings is 1. The molecule has 0 bridgehead atoms. The Morgan fingerprint density at radius 1 is 1.53 bits per heavy atom. The molecule has 0 unspecified atom stereocenters. The summed E-state index contributed by atoms with van der Waals surface area (Å²) in [4.78, 5) is 26.8. The highest BCUT2D eigenvalue weighted by molar-refractivity contribution is 5.80. The minimum Gasteiger partial charge on any atom is -0.481 e. The van der Waals surface area contributed by atoms with Crippen LogP contribution in [0.15, 0.2) is 0 Å². The van der Waals surface area contributed by atoms with Crippen molar-refractivity contribution in [3.63, 3.8) is 0 Å². The second-order valence-electron chi connectivity index (χ2n) is 5.24. The fraction of sp³-hybridized carbons (Fsp3) is 0.818. The van der Waals surface area contributed by atoms with Gasteiger partial charge in [-0.1, -0.05) is 0 Å². The van der Waals surface area contributed by atoms with E-state index >= 15 is 0 Å². The number of urea groups is 1. The average Bonchev–Trinajstić information content (AvgIpc) is 2.97. The number of aliphatic carboxylic acids is 1. The summed E-state index contributed by atoms with van der Waals surface area (Å²) in [6.45, 7) is 3.08. The molecule has 6 heteroatoms. The first-order valence-corrected chi connectivity index (χ1v) is 6.13. The molecule has 0 aromatic heterocycles. The lowest BCUT2D eigenvalue weighted by Gasteiger charge is -2.28. The molecule has 2 heterocycles. The molecule has 3 aliphatic rings. The van der Waals surface area contributed by atoms with Crippen molar-refractivity contribution >= 4 is 12.0 Å². The molecule has 3 rings (SSSR count). The van der Waals surface area contributed by atoms with Gasteiger partial charge in [0.25, 0.3) is 0 Å². The number of carboxylic acids is 1. The van der Waals surface area contributed by atoms with Gasteiger partial charge in [0, 0.05) is 26.2 Å². The van der Waals surface area contributed by atoms with Gasteiger partial charge in [0.1, 0.15) is 0 Å².